The number of hydrogen-bond donors (Lipinski definition) is 2. The molecule has 0 saturated heterocycles. The van der Waals surface area contributed by atoms with E-state index in [1.165, 1.54) is 11.8 Å². The van der Waals surface area contributed by atoms with E-state index in [9.17, 15) is 9.59 Å². The van der Waals surface area contributed by atoms with Crippen LogP contribution in [0.4, 0.5) is 5.69 Å². The fraction of sp³-hybridized carbons (Fsp3) is 0.214. The van der Waals surface area contributed by atoms with Gasteiger partial charge in [-0.1, -0.05) is 47.0 Å². The smallest absolute Gasteiger partial charge is 0.251 e. The number of methoxy groups -OCH3 is 1. The summed E-state index contributed by atoms with van der Waals surface area (Å²) in [6, 6.07) is 19.0. The predicted octanol–water partition coefficient (Wildman–Crippen LogP) is 6.08. The number of carbonyl (C=O) groups is 2. The standard InChI is InChI=1S/C28H28ClN3O3S/c1-18-12-19(2)14-20(13-18)28(34)30-10-11-32-16-26(22-6-4-5-7-24(22)32)36-17-27(33)31-23-15-21(29)8-9-25(23)35-3/h4-9,12-16H,10-11,17H2,1-3H3,(H,30,34)(H,31,33). The molecule has 0 bridgehead atoms. The summed E-state index contributed by atoms with van der Waals surface area (Å²) in [5.74, 6) is 0.545. The number of aromatic nitrogens is 1. The molecule has 8 heteroatoms. The normalized spacial score (nSPS) is 10.9. The number of rotatable bonds is 9. The molecule has 36 heavy (non-hydrogen) atoms. The summed E-state index contributed by atoms with van der Waals surface area (Å²) in [6.07, 6.45) is 2.03. The zero-order chi connectivity index (χ0) is 25.7. The zero-order valence-corrected chi connectivity index (χ0v) is 22.0. The van der Waals surface area contributed by atoms with E-state index in [-0.39, 0.29) is 17.6 Å². The molecule has 0 saturated carbocycles. The molecule has 1 aromatic heterocycles. The van der Waals surface area contributed by atoms with Crippen molar-refractivity contribution < 1.29 is 14.3 Å². The molecule has 0 aliphatic heterocycles. The van der Waals surface area contributed by atoms with Crippen LogP contribution in [0.2, 0.25) is 5.02 Å². The van der Waals surface area contributed by atoms with Gasteiger partial charge in [-0.3, -0.25) is 9.59 Å². The molecule has 3 aromatic carbocycles. The van der Waals surface area contributed by atoms with E-state index < -0.39 is 0 Å². The Bertz CT molecular complexity index is 1400. The number of halogens is 1. The van der Waals surface area contributed by atoms with Crippen molar-refractivity contribution >= 4 is 51.8 Å². The Hall–Kier alpha value is -3.42. The van der Waals surface area contributed by atoms with Crippen LogP contribution in [0.25, 0.3) is 10.9 Å². The van der Waals surface area contributed by atoms with Crippen LogP contribution in [-0.4, -0.2) is 35.8 Å². The Morgan fingerprint density at radius 1 is 1.03 bits per heavy atom. The van der Waals surface area contributed by atoms with E-state index in [0.717, 1.165) is 26.9 Å². The summed E-state index contributed by atoms with van der Waals surface area (Å²) in [4.78, 5) is 26.3. The summed E-state index contributed by atoms with van der Waals surface area (Å²) < 4.78 is 7.41. The molecule has 2 N–H and O–H groups in total. The number of thioether (sulfide) groups is 1. The third kappa shape index (κ3) is 6.22. The maximum Gasteiger partial charge on any atom is 0.251 e. The highest BCUT2D eigenvalue weighted by Gasteiger charge is 2.13. The molecule has 0 spiro atoms. The third-order valence-corrected chi connectivity index (χ3v) is 6.95. The molecular weight excluding hydrogens is 494 g/mol. The Balaban J connectivity index is 1.40. The average molecular weight is 522 g/mol. The largest absolute Gasteiger partial charge is 0.495 e. The molecular formula is C28H28ClN3O3S. The highest BCUT2D eigenvalue weighted by atomic mass is 35.5. The van der Waals surface area contributed by atoms with Crippen molar-refractivity contribution in [2.45, 2.75) is 25.3 Å². The number of ether oxygens (including phenoxy) is 1. The van der Waals surface area contributed by atoms with Gasteiger partial charge in [0, 0.05) is 45.7 Å². The number of carbonyl (C=O) groups excluding carboxylic acids is 2. The monoisotopic (exact) mass is 521 g/mol. The number of aryl methyl sites for hydroxylation is 2. The third-order valence-electron chi connectivity index (χ3n) is 5.67. The van der Waals surface area contributed by atoms with E-state index in [0.29, 0.717) is 35.1 Å². The predicted molar refractivity (Wildman–Crippen MR) is 148 cm³/mol. The molecule has 0 atom stereocenters. The minimum absolute atomic E-state index is 0.0824. The zero-order valence-electron chi connectivity index (χ0n) is 20.4. The lowest BCUT2D eigenvalue weighted by Gasteiger charge is -2.10. The number of anilines is 1. The Morgan fingerprint density at radius 3 is 2.53 bits per heavy atom. The quantitative estimate of drug-likeness (QED) is 0.262. The summed E-state index contributed by atoms with van der Waals surface area (Å²) in [5, 5.41) is 7.48. The highest BCUT2D eigenvalue weighted by molar-refractivity contribution is 8.00. The van der Waals surface area contributed by atoms with Crippen molar-refractivity contribution in [3.05, 3.63) is 88.6 Å². The first-order valence-electron chi connectivity index (χ1n) is 11.5. The van der Waals surface area contributed by atoms with E-state index >= 15 is 0 Å². The van der Waals surface area contributed by atoms with E-state index in [2.05, 4.69) is 15.2 Å². The second-order valence-electron chi connectivity index (χ2n) is 8.52. The molecule has 0 unspecified atom stereocenters. The van der Waals surface area contributed by atoms with Gasteiger partial charge in [0.15, 0.2) is 0 Å². The molecule has 0 aliphatic rings. The SMILES string of the molecule is COc1ccc(Cl)cc1NC(=O)CSc1cn(CCNC(=O)c2cc(C)cc(C)c2)c2ccccc12. The first kappa shape index (κ1) is 25.7. The molecule has 0 radical (unpaired) electrons. The van der Waals surface area contributed by atoms with Crippen molar-refractivity contribution in [3.63, 3.8) is 0 Å². The van der Waals surface area contributed by atoms with Crippen molar-refractivity contribution in [3.8, 4) is 5.75 Å². The average Bonchev–Trinajstić information content (AvgIpc) is 3.20. The Morgan fingerprint density at radius 2 is 1.78 bits per heavy atom. The lowest BCUT2D eigenvalue weighted by Crippen LogP contribution is -2.27. The van der Waals surface area contributed by atoms with Crippen LogP contribution in [0, 0.1) is 13.8 Å². The lowest BCUT2D eigenvalue weighted by molar-refractivity contribution is -0.113. The lowest BCUT2D eigenvalue weighted by atomic mass is 10.1. The van der Waals surface area contributed by atoms with Gasteiger partial charge in [-0.15, -0.1) is 11.8 Å². The van der Waals surface area contributed by atoms with E-state index in [1.54, 1.807) is 25.3 Å². The van der Waals surface area contributed by atoms with Gasteiger partial charge in [-0.05, 0) is 50.2 Å². The molecule has 4 rings (SSSR count). The van der Waals surface area contributed by atoms with Crippen LogP contribution < -0.4 is 15.4 Å². The fourth-order valence-corrected chi connectivity index (χ4v) is 5.18. The van der Waals surface area contributed by atoms with Crippen molar-refractivity contribution in [2.75, 3.05) is 24.7 Å². The first-order chi connectivity index (χ1) is 17.3. The second kappa shape index (κ2) is 11.5. The number of nitrogens with zero attached hydrogens (tertiary/aromatic N) is 1. The van der Waals surface area contributed by atoms with Gasteiger partial charge < -0.3 is 19.9 Å². The number of benzene rings is 3. The fourth-order valence-electron chi connectivity index (χ4n) is 4.12. The minimum atomic E-state index is -0.155. The Labute approximate surface area is 220 Å². The van der Waals surface area contributed by atoms with Crippen molar-refractivity contribution in [1.29, 1.82) is 0 Å². The summed E-state index contributed by atoms with van der Waals surface area (Å²) in [5.41, 5.74) is 4.39. The molecule has 0 fully saturated rings. The van der Waals surface area contributed by atoms with Gasteiger partial charge in [0.25, 0.3) is 5.91 Å². The summed E-state index contributed by atoms with van der Waals surface area (Å²) >= 11 is 7.53. The number of amides is 2. The number of fused-ring (bicyclic) bond motifs is 1. The van der Waals surface area contributed by atoms with Gasteiger partial charge in [-0.25, -0.2) is 0 Å². The molecule has 0 aliphatic carbocycles. The maximum atomic E-state index is 12.7. The Kier molecular flexibility index (Phi) is 8.23. The van der Waals surface area contributed by atoms with Gasteiger partial charge in [0.1, 0.15) is 5.75 Å². The molecule has 2 amide bonds. The van der Waals surface area contributed by atoms with Gasteiger partial charge in [-0.2, -0.15) is 0 Å². The summed E-state index contributed by atoms with van der Waals surface area (Å²) in [6.45, 7) is 5.08. The number of hydrogen-bond acceptors (Lipinski definition) is 4. The number of para-hydroxylation sites is 1. The molecule has 1 heterocycles. The topological polar surface area (TPSA) is 72.4 Å². The van der Waals surface area contributed by atoms with Gasteiger partial charge in [0.2, 0.25) is 5.91 Å². The van der Waals surface area contributed by atoms with Gasteiger partial charge >= 0.3 is 0 Å². The highest BCUT2D eigenvalue weighted by Crippen LogP contribution is 2.31. The van der Waals surface area contributed by atoms with E-state index in [4.69, 9.17) is 16.3 Å². The van der Waals surface area contributed by atoms with Crippen LogP contribution in [0.1, 0.15) is 21.5 Å². The van der Waals surface area contributed by atoms with Crippen molar-refractivity contribution in [2.24, 2.45) is 0 Å². The number of nitrogens with one attached hydrogen (secondary N) is 2. The van der Waals surface area contributed by atoms with E-state index in [1.807, 2.05) is 62.5 Å². The van der Waals surface area contributed by atoms with Gasteiger partial charge in [0.05, 0.1) is 18.6 Å². The van der Waals surface area contributed by atoms with Crippen LogP contribution >= 0.6 is 23.4 Å². The van der Waals surface area contributed by atoms with Crippen LogP contribution in [-0.2, 0) is 11.3 Å². The molecule has 186 valence electrons. The maximum absolute atomic E-state index is 12.7. The van der Waals surface area contributed by atoms with Crippen LogP contribution in [0.5, 0.6) is 5.75 Å². The van der Waals surface area contributed by atoms with Crippen LogP contribution in [0.3, 0.4) is 0 Å². The molecule has 6 nitrogen and oxygen atoms in total. The van der Waals surface area contributed by atoms with Crippen LogP contribution in [0.15, 0.2) is 71.8 Å². The summed E-state index contributed by atoms with van der Waals surface area (Å²) in [7, 11) is 1.55. The van der Waals surface area contributed by atoms with Crippen molar-refractivity contribution in [1.82, 2.24) is 9.88 Å². The second-order valence-corrected chi connectivity index (χ2v) is 9.97. The minimum Gasteiger partial charge on any atom is -0.495 e. The first-order valence-corrected chi connectivity index (χ1v) is 12.9. The molecule has 4 aromatic rings.